The van der Waals surface area contributed by atoms with Gasteiger partial charge in [0, 0.05) is 5.56 Å². The van der Waals surface area contributed by atoms with Crippen LogP contribution in [0.15, 0.2) is 24.3 Å². The van der Waals surface area contributed by atoms with Crippen molar-refractivity contribution in [1.82, 2.24) is 0 Å². The highest BCUT2D eigenvalue weighted by atomic mass is 16.6. The minimum atomic E-state index is -0.511. The maximum absolute atomic E-state index is 11.5. The van der Waals surface area contributed by atoms with Crippen LogP contribution in [-0.4, -0.2) is 130 Å². The molecule has 0 radical (unpaired) electrons. The first kappa shape index (κ1) is 36.9. The second kappa shape index (κ2) is 25.5. The Morgan fingerprint density at radius 1 is 0.561 bits per heavy atom. The Kier molecular flexibility index (Phi) is 23.0. The van der Waals surface area contributed by atoms with Gasteiger partial charge >= 0.3 is 5.97 Å². The van der Waals surface area contributed by atoms with Gasteiger partial charge in [0.15, 0.2) is 0 Å². The predicted octanol–water partition coefficient (Wildman–Crippen LogP) is 2.35. The molecule has 0 fully saturated rings. The number of carbonyl (C=O) groups is 2. The van der Waals surface area contributed by atoms with Crippen molar-refractivity contribution in [1.29, 1.82) is 0 Å². The van der Waals surface area contributed by atoms with E-state index in [-0.39, 0.29) is 12.6 Å². The molecule has 12 heteroatoms. The summed E-state index contributed by atoms with van der Waals surface area (Å²) < 4.78 is 53.9. The molecule has 0 aliphatic carbocycles. The normalized spacial score (nSPS) is 11.5. The van der Waals surface area contributed by atoms with Gasteiger partial charge in [0.1, 0.15) is 30.9 Å². The Balaban J connectivity index is 1.69. The Bertz CT molecular complexity index is 751. The molecule has 0 N–H and O–H groups in total. The highest BCUT2D eigenvalue weighted by Crippen LogP contribution is 2.10. The maximum Gasteiger partial charge on any atom is 0.332 e. The lowest BCUT2D eigenvalue weighted by Gasteiger charge is -2.19. The topological polar surface area (TPSA) is 126 Å². The van der Waals surface area contributed by atoms with Gasteiger partial charge in [-0.2, -0.15) is 0 Å². The summed E-state index contributed by atoms with van der Waals surface area (Å²) in [5.41, 5.74) is 0.104. The first-order valence-electron chi connectivity index (χ1n) is 13.9. The van der Waals surface area contributed by atoms with E-state index in [9.17, 15) is 9.59 Å². The summed E-state index contributed by atoms with van der Waals surface area (Å²) in [5.74, 6) is 0.311. The zero-order valence-corrected chi connectivity index (χ0v) is 24.8. The standard InChI is InChI=1S/C29H48O12/c1-29(2,3)41-28(31)25-39-21-20-37-17-16-35-13-12-33-9-8-32-10-11-34-14-15-36-18-19-38-22-23-40-27-6-4-26(24-30)5-7-27/h4-7,24H,8-23,25H2,1-3H3. The zero-order chi connectivity index (χ0) is 29.9. The molecule has 0 saturated carbocycles. The highest BCUT2D eigenvalue weighted by molar-refractivity contribution is 5.74. The van der Waals surface area contributed by atoms with Crippen LogP contribution in [0.25, 0.3) is 0 Å². The average molecular weight is 589 g/mol. The second-order valence-electron chi connectivity index (χ2n) is 9.46. The molecule has 236 valence electrons. The van der Waals surface area contributed by atoms with Crippen LogP contribution in [0.3, 0.4) is 0 Å². The Labute approximate surface area is 243 Å². The Morgan fingerprint density at radius 2 is 0.902 bits per heavy atom. The van der Waals surface area contributed by atoms with Crippen molar-refractivity contribution in [3.05, 3.63) is 29.8 Å². The van der Waals surface area contributed by atoms with Crippen molar-refractivity contribution in [3.63, 3.8) is 0 Å². The van der Waals surface area contributed by atoms with Gasteiger partial charge in [0.2, 0.25) is 0 Å². The smallest absolute Gasteiger partial charge is 0.332 e. The van der Waals surface area contributed by atoms with Gasteiger partial charge in [0.05, 0.1) is 99.1 Å². The van der Waals surface area contributed by atoms with Gasteiger partial charge in [-0.15, -0.1) is 0 Å². The quantitative estimate of drug-likeness (QED) is 0.0810. The van der Waals surface area contributed by atoms with Crippen LogP contribution in [0.5, 0.6) is 5.75 Å². The molecule has 0 unspecified atom stereocenters. The van der Waals surface area contributed by atoms with E-state index in [1.165, 1.54) is 0 Å². The van der Waals surface area contributed by atoms with Crippen LogP contribution in [0, 0.1) is 0 Å². The number of hydrogen-bond acceptors (Lipinski definition) is 12. The van der Waals surface area contributed by atoms with E-state index in [2.05, 4.69) is 0 Å². The fourth-order valence-corrected chi connectivity index (χ4v) is 2.93. The molecule has 1 rings (SSSR count). The second-order valence-corrected chi connectivity index (χ2v) is 9.46. The van der Waals surface area contributed by atoms with E-state index in [4.69, 9.17) is 47.4 Å². The summed E-state index contributed by atoms with van der Waals surface area (Å²) >= 11 is 0. The zero-order valence-electron chi connectivity index (χ0n) is 24.8. The molecule has 0 atom stereocenters. The monoisotopic (exact) mass is 588 g/mol. The molecule has 0 amide bonds. The molecule has 0 spiro atoms. The highest BCUT2D eigenvalue weighted by Gasteiger charge is 2.15. The van der Waals surface area contributed by atoms with Crippen LogP contribution in [0.4, 0.5) is 0 Å². The van der Waals surface area contributed by atoms with Crippen molar-refractivity contribution in [2.75, 3.05) is 112 Å². The molecule has 12 nitrogen and oxygen atoms in total. The predicted molar refractivity (Wildman–Crippen MR) is 150 cm³/mol. The number of rotatable bonds is 28. The molecular formula is C29H48O12. The van der Waals surface area contributed by atoms with E-state index in [1.807, 2.05) is 20.8 Å². The lowest BCUT2D eigenvalue weighted by atomic mass is 10.2. The van der Waals surface area contributed by atoms with Crippen molar-refractivity contribution >= 4 is 12.3 Å². The van der Waals surface area contributed by atoms with Gasteiger partial charge < -0.3 is 47.4 Å². The molecule has 41 heavy (non-hydrogen) atoms. The van der Waals surface area contributed by atoms with E-state index in [1.54, 1.807) is 24.3 Å². The van der Waals surface area contributed by atoms with Gasteiger partial charge in [-0.3, -0.25) is 4.79 Å². The molecule has 0 heterocycles. The summed E-state index contributed by atoms with van der Waals surface area (Å²) in [6.07, 6.45) is 0.794. The summed E-state index contributed by atoms with van der Waals surface area (Å²) in [6, 6.07) is 6.92. The summed E-state index contributed by atoms with van der Waals surface area (Å²) in [4.78, 5) is 22.1. The molecule has 1 aromatic carbocycles. The Hall–Kier alpha value is -2.16. The number of esters is 1. The van der Waals surface area contributed by atoms with Crippen LogP contribution in [0.2, 0.25) is 0 Å². The van der Waals surface area contributed by atoms with Crippen LogP contribution >= 0.6 is 0 Å². The summed E-state index contributed by atoms with van der Waals surface area (Å²) in [7, 11) is 0. The lowest BCUT2D eigenvalue weighted by molar-refractivity contribution is -0.160. The van der Waals surface area contributed by atoms with Gasteiger partial charge in [-0.25, -0.2) is 4.79 Å². The molecule has 0 aliphatic rings. The van der Waals surface area contributed by atoms with Gasteiger partial charge in [0.25, 0.3) is 0 Å². The van der Waals surface area contributed by atoms with Gasteiger partial charge in [-0.1, -0.05) is 0 Å². The molecule has 0 aliphatic heterocycles. The Morgan fingerprint density at radius 3 is 1.24 bits per heavy atom. The largest absolute Gasteiger partial charge is 0.491 e. The first-order valence-corrected chi connectivity index (χ1v) is 13.9. The van der Waals surface area contributed by atoms with E-state index < -0.39 is 5.60 Å². The molecule has 1 aromatic rings. The van der Waals surface area contributed by atoms with E-state index in [0.717, 1.165) is 6.29 Å². The molecule has 0 aromatic heterocycles. The number of benzene rings is 1. The van der Waals surface area contributed by atoms with Crippen molar-refractivity contribution in [2.24, 2.45) is 0 Å². The molecular weight excluding hydrogens is 540 g/mol. The number of aldehydes is 1. The summed E-state index contributed by atoms with van der Waals surface area (Å²) in [6.45, 7) is 12.6. The fraction of sp³-hybridized carbons (Fsp3) is 0.724. The lowest BCUT2D eigenvalue weighted by Crippen LogP contribution is -2.27. The van der Waals surface area contributed by atoms with Crippen molar-refractivity contribution < 1.29 is 57.0 Å². The first-order chi connectivity index (χ1) is 19.9. The minimum Gasteiger partial charge on any atom is -0.491 e. The third kappa shape index (κ3) is 25.3. The summed E-state index contributed by atoms with van der Waals surface area (Å²) in [5, 5.41) is 0. The van der Waals surface area contributed by atoms with E-state index in [0.29, 0.717) is 117 Å². The number of ether oxygens (including phenoxy) is 10. The maximum atomic E-state index is 11.5. The number of hydrogen-bond donors (Lipinski definition) is 0. The molecule has 0 saturated heterocycles. The minimum absolute atomic E-state index is 0.0848. The van der Waals surface area contributed by atoms with Crippen LogP contribution < -0.4 is 4.74 Å². The average Bonchev–Trinajstić information content (AvgIpc) is 2.94. The van der Waals surface area contributed by atoms with Gasteiger partial charge in [-0.05, 0) is 45.0 Å². The third-order valence-electron chi connectivity index (χ3n) is 4.76. The van der Waals surface area contributed by atoms with Crippen molar-refractivity contribution in [3.8, 4) is 5.75 Å². The fourth-order valence-electron chi connectivity index (χ4n) is 2.93. The number of carbonyl (C=O) groups excluding carboxylic acids is 2. The molecule has 0 bridgehead atoms. The SMILES string of the molecule is CC(C)(C)OC(=O)COCCOCCOCCOCCOCCOCCOCCOCCOc1ccc(C=O)cc1. The van der Waals surface area contributed by atoms with Crippen LogP contribution in [-0.2, 0) is 47.4 Å². The van der Waals surface area contributed by atoms with Crippen LogP contribution in [0.1, 0.15) is 31.1 Å². The van der Waals surface area contributed by atoms with E-state index >= 15 is 0 Å². The van der Waals surface area contributed by atoms with Crippen molar-refractivity contribution in [2.45, 2.75) is 26.4 Å². The third-order valence-corrected chi connectivity index (χ3v) is 4.76.